The van der Waals surface area contributed by atoms with Gasteiger partial charge in [0.05, 0.1) is 13.2 Å². The molecular weight excluding hydrogens is 538 g/mol. The van der Waals surface area contributed by atoms with Crippen LogP contribution in [0.5, 0.6) is 0 Å². The second kappa shape index (κ2) is 10.1. The number of rotatable bonds is 7. The number of amides is 2. The summed E-state index contributed by atoms with van der Waals surface area (Å²) in [5.41, 5.74) is 0.270. The Morgan fingerprint density at radius 3 is 2.51 bits per heavy atom. The van der Waals surface area contributed by atoms with Crippen molar-refractivity contribution in [2.24, 2.45) is 0 Å². The molecule has 1 saturated carbocycles. The van der Waals surface area contributed by atoms with Gasteiger partial charge < -0.3 is 20.1 Å². The number of anilines is 1. The number of morpholine rings is 1. The van der Waals surface area contributed by atoms with E-state index in [4.69, 9.17) is 16.3 Å². The molecule has 2 amide bonds. The van der Waals surface area contributed by atoms with Crippen molar-refractivity contribution in [2.45, 2.75) is 22.1 Å². The average molecular weight is 562 g/mol. The van der Waals surface area contributed by atoms with Crippen LogP contribution in [0.1, 0.15) is 17.9 Å². The third kappa shape index (κ3) is 5.36. The maximum Gasteiger partial charge on any atom is 0.325 e. The first-order valence-electron chi connectivity index (χ1n) is 11.5. The number of carbonyl (C=O) groups excluding carboxylic acids is 1. The standard InChI is InChI=1S/C25H24ClN3O6S2/c26-18-6-4-16(5-7-18)21-8-9-22(36-21)37(33,34)28-25(23(30)31)15-20(25)17-2-1-3-19(14-17)27-24(32)29-10-12-35-13-11-29/h1-9,14,20,28H,10-13,15H2,(H,27,32)(H,30,31)/t20-,25?/m0/s1. The molecule has 1 unspecified atom stereocenters. The lowest BCUT2D eigenvalue weighted by atomic mass is 10.1. The van der Waals surface area contributed by atoms with Gasteiger partial charge in [0.2, 0.25) is 0 Å². The van der Waals surface area contributed by atoms with E-state index in [0.29, 0.717) is 42.6 Å². The van der Waals surface area contributed by atoms with E-state index in [-0.39, 0.29) is 16.7 Å². The second-order valence-corrected chi connectivity index (χ2v) is 12.3. The van der Waals surface area contributed by atoms with Gasteiger partial charge in [0.1, 0.15) is 9.75 Å². The lowest BCUT2D eigenvalue weighted by Crippen LogP contribution is -2.44. The Morgan fingerprint density at radius 2 is 1.81 bits per heavy atom. The zero-order valence-electron chi connectivity index (χ0n) is 19.5. The molecular formula is C25H24ClN3O6S2. The topological polar surface area (TPSA) is 125 Å². The summed E-state index contributed by atoms with van der Waals surface area (Å²) in [6.07, 6.45) is 0.0951. The summed E-state index contributed by atoms with van der Waals surface area (Å²) in [7, 11) is -4.11. The molecule has 5 rings (SSSR count). The van der Waals surface area contributed by atoms with Crippen molar-refractivity contribution in [3.63, 3.8) is 0 Å². The molecule has 1 aliphatic heterocycles. The van der Waals surface area contributed by atoms with Crippen LogP contribution in [0.2, 0.25) is 5.02 Å². The third-order valence-electron chi connectivity index (χ3n) is 6.47. The molecule has 0 bridgehead atoms. The maximum absolute atomic E-state index is 13.2. The highest BCUT2D eigenvalue weighted by Crippen LogP contribution is 2.53. The van der Waals surface area contributed by atoms with Crippen LogP contribution in [0.4, 0.5) is 10.5 Å². The number of thiophene rings is 1. The number of carboxylic acids is 1. The molecule has 3 aromatic rings. The zero-order valence-corrected chi connectivity index (χ0v) is 21.9. The quantitative estimate of drug-likeness (QED) is 0.396. The molecule has 0 spiro atoms. The number of benzene rings is 2. The van der Waals surface area contributed by atoms with Gasteiger partial charge in [0.15, 0.2) is 0 Å². The van der Waals surface area contributed by atoms with Crippen LogP contribution in [0.3, 0.4) is 0 Å². The predicted octanol–water partition coefficient (Wildman–Crippen LogP) is 4.22. The van der Waals surface area contributed by atoms with Crippen LogP contribution in [-0.4, -0.2) is 62.3 Å². The molecule has 2 fully saturated rings. The average Bonchev–Trinajstić information content (AvgIpc) is 3.38. The van der Waals surface area contributed by atoms with Gasteiger partial charge in [-0.25, -0.2) is 13.2 Å². The normalized spacial score (nSPS) is 21.4. The Morgan fingerprint density at radius 1 is 1.08 bits per heavy atom. The minimum atomic E-state index is -4.11. The van der Waals surface area contributed by atoms with Gasteiger partial charge in [0.25, 0.3) is 10.0 Å². The number of nitrogens with zero attached hydrogens (tertiary/aromatic N) is 1. The predicted molar refractivity (Wildman–Crippen MR) is 141 cm³/mol. The number of aliphatic carboxylic acids is 1. The highest BCUT2D eigenvalue weighted by Gasteiger charge is 2.63. The van der Waals surface area contributed by atoms with E-state index < -0.39 is 27.4 Å². The fourth-order valence-electron chi connectivity index (χ4n) is 4.38. The summed E-state index contributed by atoms with van der Waals surface area (Å²) in [6, 6.07) is 16.7. The number of ether oxygens (including phenoxy) is 1. The number of hydrogen-bond donors (Lipinski definition) is 3. The molecule has 1 aliphatic carbocycles. The van der Waals surface area contributed by atoms with Crippen LogP contribution < -0.4 is 10.0 Å². The summed E-state index contributed by atoms with van der Waals surface area (Å²) in [5.74, 6) is -1.84. The summed E-state index contributed by atoms with van der Waals surface area (Å²) in [5, 5.41) is 13.4. The van der Waals surface area contributed by atoms with Crippen LogP contribution in [-0.2, 0) is 19.6 Å². The van der Waals surface area contributed by atoms with Crippen LogP contribution in [0.25, 0.3) is 10.4 Å². The number of carbonyl (C=O) groups is 2. The SMILES string of the molecule is O=C(Nc1cccc([C@@H]2CC2(NS(=O)(=O)c2ccc(-c3ccc(Cl)cc3)s2)C(=O)O)c1)N1CCOCC1. The summed E-state index contributed by atoms with van der Waals surface area (Å²) < 4.78 is 34.1. The summed E-state index contributed by atoms with van der Waals surface area (Å²) in [4.78, 5) is 27.2. The molecule has 194 valence electrons. The monoisotopic (exact) mass is 561 g/mol. The van der Waals surface area contributed by atoms with Crippen molar-refractivity contribution < 1.29 is 27.9 Å². The molecule has 0 radical (unpaired) electrons. The fraction of sp³-hybridized carbons (Fsp3) is 0.280. The number of sulfonamides is 1. The molecule has 2 aromatic carbocycles. The van der Waals surface area contributed by atoms with Gasteiger partial charge in [-0.15, -0.1) is 11.3 Å². The molecule has 1 aromatic heterocycles. The Bertz CT molecular complexity index is 1440. The van der Waals surface area contributed by atoms with Gasteiger partial charge in [-0.2, -0.15) is 4.72 Å². The Labute approximate surface area is 223 Å². The van der Waals surface area contributed by atoms with Crippen molar-refractivity contribution in [3.05, 3.63) is 71.2 Å². The lowest BCUT2D eigenvalue weighted by Gasteiger charge is -2.27. The first kappa shape index (κ1) is 25.7. The van der Waals surface area contributed by atoms with Crippen LogP contribution in [0.15, 0.2) is 64.9 Å². The highest BCUT2D eigenvalue weighted by molar-refractivity contribution is 7.91. The van der Waals surface area contributed by atoms with E-state index in [9.17, 15) is 23.1 Å². The maximum atomic E-state index is 13.2. The summed E-state index contributed by atoms with van der Waals surface area (Å²) in [6.45, 7) is 1.92. The minimum absolute atomic E-state index is 0.0234. The van der Waals surface area contributed by atoms with E-state index in [2.05, 4.69) is 10.0 Å². The molecule has 37 heavy (non-hydrogen) atoms. The largest absolute Gasteiger partial charge is 0.480 e. The van der Waals surface area contributed by atoms with E-state index in [1.165, 1.54) is 6.07 Å². The molecule has 12 heteroatoms. The van der Waals surface area contributed by atoms with Crippen molar-refractivity contribution in [3.8, 4) is 10.4 Å². The fourth-order valence-corrected chi connectivity index (χ4v) is 7.23. The zero-order chi connectivity index (χ0) is 26.2. The molecule has 2 atom stereocenters. The number of hydrogen-bond acceptors (Lipinski definition) is 6. The van der Waals surface area contributed by atoms with Gasteiger partial charge in [-0.3, -0.25) is 4.79 Å². The lowest BCUT2D eigenvalue weighted by molar-refractivity contribution is -0.140. The van der Waals surface area contributed by atoms with Gasteiger partial charge in [-0.05, 0) is 53.9 Å². The van der Waals surface area contributed by atoms with E-state index in [0.717, 1.165) is 21.8 Å². The van der Waals surface area contributed by atoms with Crippen LogP contribution >= 0.6 is 22.9 Å². The van der Waals surface area contributed by atoms with Gasteiger partial charge in [-0.1, -0.05) is 35.9 Å². The van der Waals surface area contributed by atoms with Crippen molar-refractivity contribution >= 4 is 50.6 Å². The number of halogens is 1. The summed E-state index contributed by atoms with van der Waals surface area (Å²) >= 11 is 6.99. The van der Waals surface area contributed by atoms with E-state index in [1.54, 1.807) is 59.5 Å². The first-order chi connectivity index (χ1) is 17.7. The highest BCUT2D eigenvalue weighted by atomic mass is 35.5. The van der Waals surface area contributed by atoms with Crippen molar-refractivity contribution in [2.75, 3.05) is 31.6 Å². The van der Waals surface area contributed by atoms with Crippen molar-refractivity contribution in [1.29, 1.82) is 0 Å². The molecule has 9 nitrogen and oxygen atoms in total. The number of urea groups is 1. The van der Waals surface area contributed by atoms with E-state index in [1.807, 2.05) is 0 Å². The molecule has 1 saturated heterocycles. The van der Waals surface area contributed by atoms with Crippen molar-refractivity contribution in [1.82, 2.24) is 9.62 Å². The van der Waals surface area contributed by atoms with Crippen LogP contribution in [0, 0.1) is 0 Å². The molecule has 2 aliphatic rings. The number of carboxylic acid groups (broad SMARTS) is 1. The third-order valence-corrected chi connectivity index (χ3v) is 9.86. The Balaban J connectivity index is 1.32. The molecule has 3 N–H and O–H groups in total. The molecule has 2 heterocycles. The minimum Gasteiger partial charge on any atom is -0.480 e. The Kier molecular flexibility index (Phi) is 6.99. The van der Waals surface area contributed by atoms with Gasteiger partial charge >= 0.3 is 12.0 Å². The van der Waals surface area contributed by atoms with E-state index >= 15 is 0 Å². The van der Waals surface area contributed by atoms with Gasteiger partial charge in [0, 0.05) is 34.6 Å². The smallest absolute Gasteiger partial charge is 0.325 e. The number of nitrogens with one attached hydrogen (secondary N) is 2. The second-order valence-electron chi connectivity index (χ2n) is 8.92. The Hall–Kier alpha value is -2.96. The first-order valence-corrected chi connectivity index (χ1v) is 14.2.